The average molecular weight is 418 g/mol. The molecule has 0 unspecified atom stereocenters. The molecule has 8 heteroatoms. The normalized spacial score (nSPS) is 11.0. The minimum Gasteiger partial charge on any atom is -0.494 e. The first-order valence-corrected chi connectivity index (χ1v) is 11.3. The lowest BCUT2D eigenvalue weighted by Gasteiger charge is -2.11. The summed E-state index contributed by atoms with van der Waals surface area (Å²) >= 11 is 2.89. The van der Waals surface area contributed by atoms with Crippen LogP contribution < -0.4 is 4.74 Å². The minimum atomic E-state index is 0.0416. The molecule has 1 aromatic carbocycles. The zero-order valence-electron chi connectivity index (χ0n) is 16.4. The second kappa shape index (κ2) is 9.34. The second-order valence-electron chi connectivity index (χ2n) is 6.15. The van der Waals surface area contributed by atoms with E-state index in [1.165, 1.54) is 11.8 Å². The van der Waals surface area contributed by atoms with E-state index >= 15 is 0 Å². The Hall–Kier alpha value is -2.19. The number of hydrogen-bond donors (Lipinski definition) is 0. The molecule has 0 bridgehead atoms. The van der Waals surface area contributed by atoms with Gasteiger partial charge < -0.3 is 13.7 Å². The number of thioether (sulfide) groups is 2. The van der Waals surface area contributed by atoms with Crippen molar-refractivity contribution >= 4 is 29.3 Å². The molecule has 0 fully saturated rings. The summed E-state index contributed by atoms with van der Waals surface area (Å²) in [5, 5.41) is 8.38. The Balaban J connectivity index is 1.73. The highest BCUT2D eigenvalue weighted by Crippen LogP contribution is 2.25. The predicted octanol–water partition coefficient (Wildman–Crippen LogP) is 4.71. The van der Waals surface area contributed by atoms with Gasteiger partial charge in [0.05, 0.1) is 18.1 Å². The lowest BCUT2D eigenvalue weighted by atomic mass is 10.2. The van der Waals surface area contributed by atoms with E-state index in [1.807, 2.05) is 57.4 Å². The van der Waals surface area contributed by atoms with Crippen LogP contribution in [-0.4, -0.2) is 39.2 Å². The number of Topliss-reactive ketones (excluding diaryl/α,β-unsaturated/α-hetero) is 1. The van der Waals surface area contributed by atoms with Gasteiger partial charge in [-0.15, -0.1) is 10.2 Å². The molecule has 0 aliphatic heterocycles. The van der Waals surface area contributed by atoms with Crippen LogP contribution in [0.2, 0.25) is 0 Å². The van der Waals surface area contributed by atoms with Crippen LogP contribution in [0.3, 0.4) is 0 Å². The molecule has 2 aromatic heterocycles. The summed E-state index contributed by atoms with van der Waals surface area (Å²) in [6, 6.07) is 9.81. The number of aryl methyl sites for hydroxylation is 1. The molecule has 0 N–H and O–H groups in total. The molecule has 0 radical (unpaired) electrons. The second-order valence-corrected chi connectivity index (χ2v) is 7.95. The minimum absolute atomic E-state index is 0.0416. The lowest BCUT2D eigenvalue weighted by Crippen LogP contribution is -2.05. The molecule has 28 heavy (non-hydrogen) atoms. The van der Waals surface area contributed by atoms with Crippen molar-refractivity contribution in [3.63, 3.8) is 0 Å². The van der Waals surface area contributed by atoms with E-state index in [9.17, 15) is 4.79 Å². The summed E-state index contributed by atoms with van der Waals surface area (Å²) in [7, 11) is 0. The highest BCUT2D eigenvalue weighted by molar-refractivity contribution is 7.99. The zero-order chi connectivity index (χ0) is 20.1. The molecule has 0 spiro atoms. The summed E-state index contributed by atoms with van der Waals surface area (Å²) in [5.74, 6) is 2.39. The van der Waals surface area contributed by atoms with Gasteiger partial charge in [0.1, 0.15) is 5.75 Å². The van der Waals surface area contributed by atoms with E-state index < -0.39 is 0 Å². The first-order chi connectivity index (χ1) is 13.5. The van der Waals surface area contributed by atoms with Crippen LogP contribution in [0, 0.1) is 13.8 Å². The van der Waals surface area contributed by atoms with Crippen molar-refractivity contribution < 1.29 is 13.9 Å². The molecule has 0 aliphatic carbocycles. The third-order valence-electron chi connectivity index (χ3n) is 4.18. The standard InChI is InChI=1S/C20H23N3O3S2/c1-5-25-16-8-6-15(7-9-16)23-13(2)10-17(14(23)3)18(24)11-28-20-22-21-19(26-20)12-27-4/h6-10H,5,11-12H2,1-4H3. The molecule has 0 saturated heterocycles. The SMILES string of the molecule is CCOc1ccc(-n2c(C)cc(C(=O)CSc3nnc(CSC)o3)c2C)cc1. The Kier molecular flexibility index (Phi) is 6.85. The van der Waals surface area contributed by atoms with E-state index in [0.717, 1.165) is 22.8 Å². The molecule has 0 atom stereocenters. The van der Waals surface area contributed by atoms with Crippen molar-refractivity contribution in [2.24, 2.45) is 0 Å². The van der Waals surface area contributed by atoms with Crippen LogP contribution in [0.25, 0.3) is 5.69 Å². The topological polar surface area (TPSA) is 70.2 Å². The van der Waals surface area contributed by atoms with E-state index in [-0.39, 0.29) is 11.5 Å². The molecule has 6 nitrogen and oxygen atoms in total. The quantitative estimate of drug-likeness (QED) is 0.369. The number of ether oxygens (including phenoxy) is 1. The van der Waals surface area contributed by atoms with Gasteiger partial charge in [0, 0.05) is 22.6 Å². The monoisotopic (exact) mass is 417 g/mol. The van der Waals surface area contributed by atoms with Crippen molar-refractivity contribution in [2.75, 3.05) is 18.6 Å². The summed E-state index contributed by atoms with van der Waals surface area (Å²) < 4.78 is 13.1. The highest BCUT2D eigenvalue weighted by Gasteiger charge is 2.18. The number of carbonyl (C=O) groups is 1. The fourth-order valence-corrected chi connectivity index (χ4v) is 4.01. The first kappa shape index (κ1) is 20.5. The van der Waals surface area contributed by atoms with Crippen molar-refractivity contribution in [1.82, 2.24) is 14.8 Å². The van der Waals surface area contributed by atoms with Crippen molar-refractivity contribution in [3.8, 4) is 11.4 Å². The first-order valence-electron chi connectivity index (χ1n) is 8.93. The Morgan fingerprint density at radius 1 is 1.21 bits per heavy atom. The van der Waals surface area contributed by atoms with Crippen LogP contribution >= 0.6 is 23.5 Å². The van der Waals surface area contributed by atoms with Crippen LogP contribution in [0.5, 0.6) is 5.75 Å². The van der Waals surface area contributed by atoms with Crippen LogP contribution in [-0.2, 0) is 5.75 Å². The van der Waals surface area contributed by atoms with Crippen LogP contribution in [0.1, 0.15) is 34.6 Å². The highest BCUT2D eigenvalue weighted by atomic mass is 32.2. The Morgan fingerprint density at radius 3 is 2.64 bits per heavy atom. The number of carbonyl (C=O) groups excluding carboxylic acids is 1. The largest absolute Gasteiger partial charge is 0.494 e. The summed E-state index contributed by atoms with van der Waals surface area (Å²) in [5.41, 5.74) is 3.64. The van der Waals surface area contributed by atoms with E-state index in [0.29, 0.717) is 29.0 Å². The predicted molar refractivity (Wildman–Crippen MR) is 113 cm³/mol. The van der Waals surface area contributed by atoms with Crippen LogP contribution in [0.15, 0.2) is 40.0 Å². The molecule has 2 heterocycles. The van der Waals surface area contributed by atoms with Gasteiger partial charge >= 0.3 is 0 Å². The summed E-state index contributed by atoms with van der Waals surface area (Å²) in [6.07, 6.45) is 1.97. The Bertz CT molecular complexity index is 948. The third kappa shape index (κ3) is 4.62. The van der Waals surface area contributed by atoms with E-state index in [2.05, 4.69) is 14.8 Å². The van der Waals surface area contributed by atoms with Crippen LogP contribution in [0.4, 0.5) is 0 Å². The third-order valence-corrected chi connectivity index (χ3v) is 5.53. The summed E-state index contributed by atoms with van der Waals surface area (Å²) in [4.78, 5) is 12.8. The van der Waals surface area contributed by atoms with Gasteiger partial charge in [-0.25, -0.2) is 0 Å². The lowest BCUT2D eigenvalue weighted by molar-refractivity contribution is 0.102. The molecule has 0 aliphatic rings. The smallest absolute Gasteiger partial charge is 0.277 e. The van der Waals surface area contributed by atoms with Gasteiger partial charge in [-0.2, -0.15) is 11.8 Å². The molecule has 3 aromatic rings. The number of nitrogens with zero attached hydrogens (tertiary/aromatic N) is 3. The number of hydrogen-bond acceptors (Lipinski definition) is 7. The van der Waals surface area contributed by atoms with E-state index in [4.69, 9.17) is 9.15 Å². The van der Waals surface area contributed by atoms with Crippen molar-refractivity contribution in [3.05, 3.63) is 53.2 Å². The maximum atomic E-state index is 12.8. The average Bonchev–Trinajstić information content (AvgIpc) is 3.25. The number of ketones is 1. The molecule has 0 amide bonds. The number of aromatic nitrogens is 3. The van der Waals surface area contributed by atoms with Gasteiger partial charge in [-0.3, -0.25) is 4.79 Å². The fraction of sp³-hybridized carbons (Fsp3) is 0.350. The number of rotatable bonds is 9. The molecule has 148 valence electrons. The Labute approximate surface area is 173 Å². The molecular weight excluding hydrogens is 394 g/mol. The van der Waals surface area contributed by atoms with Gasteiger partial charge in [0.15, 0.2) is 5.78 Å². The Morgan fingerprint density at radius 2 is 1.96 bits per heavy atom. The van der Waals surface area contributed by atoms with Gasteiger partial charge in [-0.1, -0.05) is 11.8 Å². The van der Waals surface area contributed by atoms with Gasteiger partial charge in [-0.05, 0) is 57.4 Å². The van der Waals surface area contributed by atoms with Gasteiger partial charge in [0.25, 0.3) is 5.22 Å². The summed E-state index contributed by atoms with van der Waals surface area (Å²) in [6.45, 7) is 6.56. The molecule has 0 saturated carbocycles. The van der Waals surface area contributed by atoms with E-state index in [1.54, 1.807) is 11.8 Å². The maximum absolute atomic E-state index is 12.8. The molecule has 3 rings (SSSR count). The number of benzene rings is 1. The maximum Gasteiger partial charge on any atom is 0.277 e. The van der Waals surface area contributed by atoms with Crippen molar-refractivity contribution in [2.45, 2.75) is 31.7 Å². The van der Waals surface area contributed by atoms with Gasteiger partial charge in [0.2, 0.25) is 5.89 Å². The fourth-order valence-electron chi connectivity index (χ4n) is 2.98. The zero-order valence-corrected chi connectivity index (χ0v) is 18.0. The van der Waals surface area contributed by atoms with Crippen molar-refractivity contribution in [1.29, 1.82) is 0 Å². The molecular formula is C20H23N3O3S2.